The lowest BCUT2D eigenvalue weighted by Crippen LogP contribution is -2.34. The van der Waals surface area contributed by atoms with Gasteiger partial charge >= 0.3 is 0 Å². The Labute approximate surface area is 92.7 Å². The van der Waals surface area contributed by atoms with Gasteiger partial charge in [0.2, 0.25) is 0 Å². The summed E-state index contributed by atoms with van der Waals surface area (Å²) in [4.78, 5) is 0. The van der Waals surface area contributed by atoms with Crippen LogP contribution in [0.5, 0.6) is 0 Å². The summed E-state index contributed by atoms with van der Waals surface area (Å²) >= 11 is 0. The average Bonchev–Trinajstić information content (AvgIpc) is 2.24. The van der Waals surface area contributed by atoms with Crippen LogP contribution in [-0.4, -0.2) is 6.04 Å². The van der Waals surface area contributed by atoms with Gasteiger partial charge in [-0.3, -0.25) is 0 Å². The molecule has 15 heavy (non-hydrogen) atoms. The van der Waals surface area contributed by atoms with Crippen LogP contribution in [-0.2, 0) is 6.42 Å². The zero-order chi connectivity index (χ0) is 10.7. The Morgan fingerprint density at radius 2 is 1.93 bits per heavy atom. The maximum Gasteiger partial charge on any atom is 0.00703 e. The van der Waals surface area contributed by atoms with Crippen molar-refractivity contribution in [2.75, 3.05) is 0 Å². The van der Waals surface area contributed by atoms with Crippen LogP contribution in [0.2, 0.25) is 0 Å². The minimum absolute atomic E-state index is 0.429. The molecule has 1 saturated carbocycles. The van der Waals surface area contributed by atoms with Crippen molar-refractivity contribution in [1.29, 1.82) is 0 Å². The summed E-state index contributed by atoms with van der Waals surface area (Å²) in [6.45, 7) is 2.20. The molecule has 0 aromatic heterocycles. The lowest BCUT2D eigenvalue weighted by molar-refractivity contribution is 0.306. The molecule has 1 fully saturated rings. The van der Waals surface area contributed by atoms with Crippen LogP contribution >= 0.6 is 0 Å². The summed E-state index contributed by atoms with van der Waals surface area (Å²) < 4.78 is 0. The van der Waals surface area contributed by atoms with Gasteiger partial charge in [-0.25, -0.2) is 0 Å². The van der Waals surface area contributed by atoms with Crippen LogP contribution in [0.25, 0.3) is 0 Å². The van der Waals surface area contributed by atoms with Gasteiger partial charge in [0.15, 0.2) is 0 Å². The highest BCUT2D eigenvalue weighted by atomic mass is 14.7. The highest BCUT2D eigenvalue weighted by molar-refractivity contribution is 5.26. The van der Waals surface area contributed by atoms with Gasteiger partial charge in [-0.15, -0.1) is 0 Å². The lowest BCUT2D eigenvalue weighted by atomic mass is 9.80. The Morgan fingerprint density at radius 3 is 2.67 bits per heavy atom. The third kappa shape index (κ3) is 2.60. The Morgan fingerprint density at radius 1 is 1.20 bits per heavy atom. The van der Waals surface area contributed by atoms with Crippen molar-refractivity contribution in [1.82, 2.24) is 0 Å². The summed E-state index contributed by atoms with van der Waals surface area (Å²) in [5, 5.41) is 0. The van der Waals surface area contributed by atoms with Gasteiger partial charge in [-0.2, -0.15) is 0 Å². The van der Waals surface area contributed by atoms with Gasteiger partial charge in [-0.1, -0.05) is 37.1 Å². The number of rotatable bonds is 2. The van der Waals surface area contributed by atoms with E-state index >= 15 is 0 Å². The fourth-order valence-electron chi connectivity index (χ4n) is 2.61. The summed E-state index contributed by atoms with van der Waals surface area (Å²) in [5.74, 6) is 0.708. The van der Waals surface area contributed by atoms with E-state index in [1.807, 2.05) is 0 Å². The molecule has 1 nitrogen and oxygen atoms in total. The minimum Gasteiger partial charge on any atom is -0.327 e. The molecule has 1 aromatic rings. The molecule has 1 aromatic carbocycles. The first kappa shape index (κ1) is 10.7. The largest absolute Gasteiger partial charge is 0.327 e. The van der Waals surface area contributed by atoms with Crippen molar-refractivity contribution in [2.45, 2.75) is 45.1 Å². The van der Waals surface area contributed by atoms with E-state index in [4.69, 9.17) is 5.73 Å². The number of hydrogen-bond acceptors (Lipinski definition) is 1. The monoisotopic (exact) mass is 203 g/mol. The zero-order valence-electron chi connectivity index (χ0n) is 9.58. The normalized spacial score (nSPS) is 26.5. The van der Waals surface area contributed by atoms with Crippen LogP contribution < -0.4 is 5.73 Å². The summed E-state index contributed by atoms with van der Waals surface area (Å²) in [6.07, 6.45) is 6.40. The average molecular weight is 203 g/mol. The molecular formula is C14H21N. The summed E-state index contributed by atoms with van der Waals surface area (Å²) in [5.41, 5.74) is 9.08. The van der Waals surface area contributed by atoms with Gasteiger partial charge in [0, 0.05) is 6.04 Å². The van der Waals surface area contributed by atoms with E-state index in [0.29, 0.717) is 12.0 Å². The first-order chi connectivity index (χ1) is 7.27. The molecular weight excluding hydrogens is 182 g/mol. The molecule has 0 radical (unpaired) electrons. The zero-order valence-corrected chi connectivity index (χ0v) is 9.58. The van der Waals surface area contributed by atoms with E-state index in [2.05, 4.69) is 31.2 Å². The van der Waals surface area contributed by atoms with Gasteiger partial charge in [0.25, 0.3) is 0 Å². The van der Waals surface area contributed by atoms with Crippen molar-refractivity contribution in [3.05, 3.63) is 35.4 Å². The Hall–Kier alpha value is -0.820. The first-order valence-electron chi connectivity index (χ1n) is 6.07. The van der Waals surface area contributed by atoms with Crippen molar-refractivity contribution in [3.8, 4) is 0 Å². The van der Waals surface area contributed by atoms with Crippen molar-refractivity contribution < 1.29 is 0 Å². The maximum atomic E-state index is 6.18. The number of aryl methyl sites for hydroxylation is 1. The third-order valence-corrected chi connectivity index (χ3v) is 3.71. The Bertz CT molecular complexity index is 319. The van der Waals surface area contributed by atoms with Gasteiger partial charge in [0.05, 0.1) is 0 Å². The second-order valence-electron chi connectivity index (χ2n) is 4.84. The van der Waals surface area contributed by atoms with Crippen LogP contribution in [0, 0.1) is 12.8 Å². The number of nitrogens with two attached hydrogens (primary N) is 1. The molecule has 2 unspecified atom stereocenters. The molecule has 2 N–H and O–H groups in total. The molecule has 0 spiro atoms. The fourth-order valence-corrected chi connectivity index (χ4v) is 2.61. The van der Waals surface area contributed by atoms with E-state index in [0.717, 1.165) is 0 Å². The minimum atomic E-state index is 0.429. The van der Waals surface area contributed by atoms with E-state index in [9.17, 15) is 0 Å². The molecule has 2 rings (SSSR count). The van der Waals surface area contributed by atoms with Crippen molar-refractivity contribution in [3.63, 3.8) is 0 Å². The third-order valence-electron chi connectivity index (χ3n) is 3.71. The Balaban J connectivity index is 2.04. The molecule has 0 heterocycles. The number of benzene rings is 1. The smallest absolute Gasteiger partial charge is 0.00703 e. The first-order valence-corrected chi connectivity index (χ1v) is 6.07. The van der Waals surface area contributed by atoms with Crippen LogP contribution in [0.1, 0.15) is 36.8 Å². The topological polar surface area (TPSA) is 26.0 Å². The van der Waals surface area contributed by atoms with Gasteiger partial charge < -0.3 is 5.73 Å². The van der Waals surface area contributed by atoms with Crippen LogP contribution in [0.4, 0.5) is 0 Å². The molecule has 82 valence electrons. The quantitative estimate of drug-likeness (QED) is 0.785. The number of hydrogen-bond donors (Lipinski definition) is 1. The predicted molar refractivity (Wildman–Crippen MR) is 64.8 cm³/mol. The van der Waals surface area contributed by atoms with Gasteiger partial charge in [-0.05, 0) is 43.2 Å². The lowest BCUT2D eigenvalue weighted by Gasteiger charge is -2.29. The highest BCUT2D eigenvalue weighted by Crippen LogP contribution is 2.27. The molecule has 0 aliphatic heterocycles. The maximum absolute atomic E-state index is 6.18. The molecule has 1 aliphatic carbocycles. The fraction of sp³-hybridized carbons (Fsp3) is 0.571. The highest BCUT2D eigenvalue weighted by Gasteiger charge is 2.22. The second-order valence-corrected chi connectivity index (χ2v) is 4.84. The molecule has 0 bridgehead atoms. The van der Waals surface area contributed by atoms with Crippen LogP contribution in [0.3, 0.4) is 0 Å². The van der Waals surface area contributed by atoms with Gasteiger partial charge in [0.1, 0.15) is 0 Å². The molecule has 0 amide bonds. The summed E-state index contributed by atoms with van der Waals surface area (Å²) in [6, 6.07) is 9.12. The SMILES string of the molecule is Cc1ccccc1CC1CCCCC1N. The van der Waals surface area contributed by atoms with Crippen LogP contribution in [0.15, 0.2) is 24.3 Å². The predicted octanol–water partition coefficient (Wildman–Crippen LogP) is 3.06. The van der Waals surface area contributed by atoms with E-state index < -0.39 is 0 Å². The molecule has 1 heteroatoms. The van der Waals surface area contributed by atoms with Crippen molar-refractivity contribution >= 4 is 0 Å². The van der Waals surface area contributed by atoms with E-state index in [1.54, 1.807) is 0 Å². The standard InChI is InChI=1S/C14H21N/c1-11-6-2-3-7-12(11)10-13-8-4-5-9-14(13)15/h2-3,6-7,13-14H,4-5,8-10,15H2,1H3. The summed E-state index contributed by atoms with van der Waals surface area (Å²) in [7, 11) is 0. The molecule has 2 atom stereocenters. The molecule has 1 aliphatic rings. The molecule has 0 saturated heterocycles. The Kier molecular flexibility index (Phi) is 3.42. The second kappa shape index (κ2) is 4.80. The van der Waals surface area contributed by atoms with E-state index in [-0.39, 0.29) is 0 Å². The van der Waals surface area contributed by atoms with E-state index in [1.165, 1.54) is 43.2 Å². The van der Waals surface area contributed by atoms with Crippen molar-refractivity contribution in [2.24, 2.45) is 11.7 Å².